The second-order valence-corrected chi connectivity index (χ2v) is 5.46. The van der Waals surface area contributed by atoms with Crippen molar-refractivity contribution in [3.8, 4) is 5.75 Å². The lowest BCUT2D eigenvalue weighted by Gasteiger charge is -2.16. The van der Waals surface area contributed by atoms with Gasteiger partial charge in [0.05, 0.1) is 12.1 Å². The summed E-state index contributed by atoms with van der Waals surface area (Å²) in [7, 11) is 1.92. The molecule has 0 saturated carbocycles. The Kier molecular flexibility index (Phi) is 3.95. The van der Waals surface area contributed by atoms with Crippen molar-refractivity contribution in [1.82, 2.24) is 4.98 Å². The van der Waals surface area contributed by atoms with Crippen LogP contribution in [0.3, 0.4) is 0 Å². The minimum atomic E-state index is -0.340. The Bertz CT molecular complexity index is 670. The molecule has 1 aromatic carbocycles. The third kappa shape index (κ3) is 2.55. The molecule has 0 amide bonds. The van der Waals surface area contributed by atoms with Crippen molar-refractivity contribution >= 4 is 16.6 Å². The quantitative estimate of drug-likeness (QED) is 0.864. The molecule has 1 N–H and O–H groups in total. The number of pyridine rings is 1. The third-order valence-electron chi connectivity index (χ3n) is 4.12. The van der Waals surface area contributed by atoms with Crippen LogP contribution in [0.2, 0.25) is 0 Å². The highest BCUT2D eigenvalue weighted by molar-refractivity contribution is 5.94. The Labute approximate surface area is 124 Å². The topological polar surface area (TPSA) is 34.1 Å². The van der Waals surface area contributed by atoms with Crippen LogP contribution in [0, 0.1) is 5.82 Å². The van der Waals surface area contributed by atoms with Gasteiger partial charge in [-0.2, -0.15) is 0 Å². The number of aromatic nitrogens is 1. The molecule has 21 heavy (non-hydrogen) atoms. The zero-order valence-corrected chi connectivity index (χ0v) is 12.6. The predicted molar refractivity (Wildman–Crippen MR) is 83.7 cm³/mol. The second-order valence-electron chi connectivity index (χ2n) is 5.46. The summed E-state index contributed by atoms with van der Waals surface area (Å²) in [6.45, 7) is 2.31. The molecule has 3 nitrogen and oxygen atoms in total. The van der Waals surface area contributed by atoms with Crippen molar-refractivity contribution in [2.45, 2.75) is 39.0 Å². The number of rotatable bonds is 3. The van der Waals surface area contributed by atoms with E-state index in [1.807, 2.05) is 14.0 Å². The Morgan fingerprint density at radius 1 is 1.24 bits per heavy atom. The number of halogens is 1. The lowest BCUT2D eigenvalue weighted by Crippen LogP contribution is -2.04. The van der Waals surface area contributed by atoms with Crippen LogP contribution < -0.4 is 10.1 Å². The maximum absolute atomic E-state index is 14.1. The van der Waals surface area contributed by atoms with Crippen molar-refractivity contribution in [2.24, 2.45) is 0 Å². The number of nitrogens with zero attached hydrogens (tertiary/aromatic N) is 1. The first-order valence-electron chi connectivity index (χ1n) is 7.70. The molecule has 0 bridgehead atoms. The summed E-state index contributed by atoms with van der Waals surface area (Å²) in [5.74, 6) is -0.0376. The standard InChI is InChI=1S/C17H21FN2O/c1-3-21-16-9-12-15(10-13(16)18)20-14-8-6-4-5-7-11(14)17(12)19-2/h9-10H,3-8H2,1-2H3,(H,19,20). The number of aryl methyl sites for hydroxylation is 1. The number of nitrogens with one attached hydrogen (secondary N) is 1. The SMILES string of the molecule is CCOc1cc2c(NC)c3c(nc2cc1F)CCCCC3. The van der Waals surface area contributed by atoms with Gasteiger partial charge < -0.3 is 10.1 Å². The number of ether oxygens (including phenoxy) is 1. The predicted octanol–water partition coefficient (Wildman–Crippen LogP) is 4.08. The van der Waals surface area contributed by atoms with Gasteiger partial charge in [0.2, 0.25) is 0 Å². The largest absolute Gasteiger partial charge is 0.491 e. The molecule has 0 unspecified atom stereocenters. The second kappa shape index (κ2) is 5.88. The summed E-state index contributed by atoms with van der Waals surface area (Å²) in [5, 5.41) is 4.24. The summed E-state index contributed by atoms with van der Waals surface area (Å²) in [6, 6.07) is 3.27. The fraction of sp³-hybridized carbons (Fsp3) is 0.471. The maximum Gasteiger partial charge on any atom is 0.167 e. The Hall–Kier alpha value is -1.84. The molecule has 1 aliphatic rings. The molecular formula is C17H21FN2O. The average molecular weight is 288 g/mol. The summed E-state index contributed by atoms with van der Waals surface area (Å²) in [5.41, 5.74) is 4.20. The van der Waals surface area contributed by atoms with Crippen LogP contribution in [0.5, 0.6) is 5.75 Å². The molecule has 0 atom stereocenters. The summed E-state index contributed by atoms with van der Waals surface area (Å²) in [6.07, 6.45) is 5.60. The molecule has 0 spiro atoms. The first kappa shape index (κ1) is 14.1. The highest BCUT2D eigenvalue weighted by Gasteiger charge is 2.18. The zero-order valence-electron chi connectivity index (χ0n) is 12.6. The molecule has 3 rings (SSSR count). The van der Waals surface area contributed by atoms with Crippen LogP contribution >= 0.6 is 0 Å². The van der Waals surface area contributed by atoms with E-state index in [9.17, 15) is 4.39 Å². The van der Waals surface area contributed by atoms with Crippen LogP contribution in [-0.4, -0.2) is 18.6 Å². The van der Waals surface area contributed by atoms with Crippen molar-refractivity contribution in [1.29, 1.82) is 0 Å². The highest BCUT2D eigenvalue weighted by Crippen LogP contribution is 2.35. The number of hydrogen-bond acceptors (Lipinski definition) is 3. The molecule has 1 aromatic heterocycles. The van der Waals surface area contributed by atoms with E-state index < -0.39 is 0 Å². The molecule has 2 aromatic rings. The van der Waals surface area contributed by atoms with Crippen molar-refractivity contribution in [3.05, 3.63) is 29.2 Å². The van der Waals surface area contributed by atoms with Crippen molar-refractivity contribution in [2.75, 3.05) is 19.0 Å². The lowest BCUT2D eigenvalue weighted by molar-refractivity contribution is 0.322. The van der Waals surface area contributed by atoms with E-state index in [1.54, 1.807) is 6.07 Å². The van der Waals surface area contributed by atoms with E-state index in [2.05, 4.69) is 5.32 Å². The normalized spacial score (nSPS) is 14.6. The molecule has 1 heterocycles. The minimum Gasteiger partial charge on any atom is -0.491 e. The van der Waals surface area contributed by atoms with Gasteiger partial charge in [0, 0.05) is 29.9 Å². The lowest BCUT2D eigenvalue weighted by atomic mass is 10.0. The highest BCUT2D eigenvalue weighted by atomic mass is 19.1. The Balaban J connectivity index is 2.25. The molecule has 1 aliphatic carbocycles. The van der Waals surface area contributed by atoms with Crippen molar-refractivity contribution in [3.63, 3.8) is 0 Å². The molecule has 0 radical (unpaired) electrons. The molecule has 0 saturated heterocycles. The van der Waals surface area contributed by atoms with Gasteiger partial charge in [0.1, 0.15) is 0 Å². The fourth-order valence-electron chi connectivity index (χ4n) is 3.15. The summed E-state index contributed by atoms with van der Waals surface area (Å²) >= 11 is 0. The average Bonchev–Trinajstić information content (AvgIpc) is 2.71. The van der Waals surface area contributed by atoms with Crippen LogP contribution in [0.15, 0.2) is 12.1 Å². The number of benzene rings is 1. The van der Waals surface area contributed by atoms with Gasteiger partial charge in [-0.3, -0.25) is 4.98 Å². The molecule has 0 fully saturated rings. The van der Waals surface area contributed by atoms with E-state index in [0.29, 0.717) is 17.9 Å². The summed E-state index contributed by atoms with van der Waals surface area (Å²) in [4.78, 5) is 4.71. The first-order chi connectivity index (χ1) is 10.2. The van der Waals surface area contributed by atoms with E-state index in [-0.39, 0.29) is 5.82 Å². The number of anilines is 1. The van der Waals surface area contributed by atoms with Crippen molar-refractivity contribution < 1.29 is 9.13 Å². The van der Waals surface area contributed by atoms with Crippen LogP contribution in [0.1, 0.15) is 37.4 Å². The zero-order chi connectivity index (χ0) is 14.8. The Morgan fingerprint density at radius 2 is 2.05 bits per heavy atom. The van der Waals surface area contributed by atoms with Gasteiger partial charge in [-0.15, -0.1) is 0 Å². The van der Waals surface area contributed by atoms with E-state index in [4.69, 9.17) is 9.72 Å². The summed E-state index contributed by atoms with van der Waals surface area (Å²) < 4.78 is 19.5. The van der Waals surface area contributed by atoms with E-state index >= 15 is 0 Å². The van der Waals surface area contributed by atoms with Gasteiger partial charge >= 0.3 is 0 Å². The molecule has 0 aliphatic heterocycles. The molecule has 112 valence electrons. The molecule has 4 heteroatoms. The minimum absolute atomic E-state index is 0.303. The number of fused-ring (bicyclic) bond motifs is 2. The van der Waals surface area contributed by atoms with Gasteiger partial charge in [-0.05, 0) is 44.2 Å². The number of hydrogen-bond donors (Lipinski definition) is 1. The first-order valence-corrected chi connectivity index (χ1v) is 7.70. The fourth-order valence-corrected chi connectivity index (χ4v) is 3.15. The van der Waals surface area contributed by atoms with E-state index in [1.165, 1.54) is 24.5 Å². The maximum atomic E-state index is 14.1. The smallest absolute Gasteiger partial charge is 0.167 e. The van der Waals surface area contributed by atoms with Gasteiger partial charge in [-0.25, -0.2) is 4.39 Å². The molecular weight excluding hydrogens is 267 g/mol. The van der Waals surface area contributed by atoms with Gasteiger partial charge in [0.25, 0.3) is 0 Å². The third-order valence-corrected chi connectivity index (χ3v) is 4.12. The van der Waals surface area contributed by atoms with Gasteiger partial charge in [-0.1, -0.05) is 6.42 Å². The monoisotopic (exact) mass is 288 g/mol. The Morgan fingerprint density at radius 3 is 2.81 bits per heavy atom. The van der Waals surface area contributed by atoms with E-state index in [0.717, 1.165) is 36.0 Å². The van der Waals surface area contributed by atoms with Gasteiger partial charge in [0.15, 0.2) is 11.6 Å². The van der Waals surface area contributed by atoms with Crippen LogP contribution in [0.4, 0.5) is 10.1 Å². The van der Waals surface area contributed by atoms with Crippen LogP contribution in [0.25, 0.3) is 10.9 Å². The van der Waals surface area contributed by atoms with Crippen LogP contribution in [-0.2, 0) is 12.8 Å².